The van der Waals surface area contributed by atoms with Gasteiger partial charge in [-0.2, -0.15) is 5.10 Å². The number of hydrogen-bond acceptors (Lipinski definition) is 3. The van der Waals surface area contributed by atoms with E-state index in [4.69, 9.17) is 5.73 Å². The Labute approximate surface area is 124 Å². The molecule has 0 aliphatic rings. The van der Waals surface area contributed by atoms with Gasteiger partial charge in [0.25, 0.3) is 5.91 Å². The third kappa shape index (κ3) is 4.08. The normalized spacial score (nSPS) is 9.90. The quantitative estimate of drug-likeness (QED) is 0.910. The van der Waals surface area contributed by atoms with Gasteiger partial charge in [-0.1, -0.05) is 12.1 Å². The largest absolute Gasteiger partial charge is 0.340 e. The maximum Gasteiger partial charge on any atom is 0.253 e. The van der Waals surface area contributed by atoms with Crippen LogP contribution in [0.2, 0.25) is 0 Å². The maximum atomic E-state index is 12.2. The summed E-state index contributed by atoms with van der Waals surface area (Å²) >= 11 is 0. The number of hydrogen-bond donors (Lipinski definition) is 1. The van der Waals surface area contributed by atoms with E-state index in [-0.39, 0.29) is 18.3 Å². The van der Waals surface area contributed by atoms with Gasteiger partial charge in [-0.3, -0.25) is 9.48 Å². The molecule has 0 bridgehead atoms. The lowest BCUT2D eigenvalue weighted by atomic mass is 10.1. The van der Waals surface area contributed by atoms with Crippen LogP contribution in [-0.4, -0.2) is 34.2 Å². The fourth-order valence-electron chi connectivity index (χ4n) is 1.79. The molecule has 0 aliphatic carbocycles. The second-order valence-corrected chi connectivity index (χ2v) is 4.40. The molecular weight excluding hydrogens is 276 g/mol. The van der Waals surface area contributed by atoms with Crippen LogP contribution in [0.3, 0.4) is 0 Å². The molecule has 20 heavy (non-hydrogen) atoms. The fourth-order valence-corrected chi connectivity index (χ4v) is 1.79. The summed E-state index contributed by atoms with van der Waals surface area (Å²) in [5.74, 6) is 0.00993. The van der Waals surface area contributed by atoms with Crippen LogP contribution in [0.1, 0.15) is 15.9 Å². The molecule has 1 heterocycles. The minimum Gasteiger partial charge on any atom is -0.340 e. The first kappa shape index (κ1) is 16.2. The van der Waals surface area contributed by atoms with Gasteiger partial charge in [-0.15, -0.1) is 12.4 Å². The minimum atomic E-state index is 0. The van der Waals surface area contributed by atoms with Crippen LogP contribution >= 0.6 is 12.4 Å². The Morgan fingerprint density at radius 2 is 2.05 bits per heavy atom. The number of likely N-dealkylation sites (N-methyl/N-ethyl adjacent to an activating group) is 1. The first-order valence-corrected chi connectivity index (χ1v) is 6.22. The van der Waals surface area contributed by atoms with E-state index < -0.39 is 0 Å². The Hall–Kier alpha value is -1.85. The number of benzene rings is 1. The van der Waals surface area contributed by atoms with Crippen molar-refractivity contribution >= 4 is 18.3 Å². The lowest BCUT2D eigenvalue weighted by molar-refractivity contribution is 0.0789. The molecule has 0 aliphatic heterocycles. The second kappa shape index (κ2) is 7.67. The van der Waals surface area contributed by atoms with Crippen molar-refractivity contribution in [2.45, 2.75) is 13.1 Å². The van der Waals surface area contributed by atoms with Gasteiger partial charge in [-0.05, 0) is 23.8 Å². The zero-order valence-corrected chi connectivity index (χ0v) is 12.2. The zero-order valence-electron chi connectivity index (χ0n) is 11.4. The van der Waals surface area contributed by atoms with E-state index in [1.165, 1.54) is 0 Å². The zero-order chi connectivity index (χ0) is 13.7. The molecule has 1 aromatic heterocycles. The highest BCUT2D eigenvalue weighted by atomic mass is 35.5. The summed E-state index contributed by atoms with van der Waals surface area (Å²) in [6.07, 6.45) is 3.61. The SMILES string of the molecule is CN(CCn1cccn1)C(=O)c1ccc(CN)cc1.Cl. The molecule has 2 aromatic rings. The van der Waals surface area contributed by atoms with Gasteiger partial charge in [0.15, 0.2) is 0 Å². The summed E-state index contributed by atoms with van der Waals surface area (Å²) in [5.41, 5.74) is 7.24. The Balaban J connectivity index is 0.00000200. The number of nitrogens with two attached hydrogens (primary N) is 1. The Kier molecular flexibility index (Phi) is 6.21. The molecule has 0 unspecified atom stereocenters. The third-order valence-corrected chi connectivity index (χ3v) is 3.01. The van der Waals surface area contributed by atoms with Gasteiger partial charge in [0.2, 0.25) is 0 Å². The number of carbonyl (C=O) groups excluding carboxylic acids is 1. The van der Waals surface area contributed by atoms with Crippen molar-refractivity contribution in [3.05, 3.63) is 53.9 Å². The number of halogens is 1. The van der Waals surface area contributed by atoms with Crippen molar-refractivity contribution < 1.29 is 4.79 Å². The summed E-state index contributed by atoms with van der Waals surface area (Å²) in [5, 5.41) is 4.11. The summed E-state index contributed by atoms with van der Waals surface area (Å²) < 4.78 is 1.81. The highest BCUT2D eigenvalue weighted by Crippen LogP contribution is 2.06. The predicted molar refractivity (Wildman–Crippen MR) is 80.8 cm³/mol. The molecule has 0 atom stereocenters. The minimum absolute atomic E-state index is 0. The molecule has 1 aromatic carbocycles. The molecule has 0 spiro atoms. The first-order valence-electron chi connectivity index (χ1n) is 6.22. The van der Waals surface area contributed by atoms with Gasteiger partial charge in [0.1, 0.15) is 0 Å². The van der Waals surface area contributed by atoms with Crippen molar-refractivity contribution in [1.29, 1.82) is 0 Å². The molecule has 0 fully saturated rings. The molecule has 108 valence electrons. The molecule has 0 saturated heterocycles. The number of rotatable bonds is 5. The second-order valence-electron chi connectivity index (χ2n) is 4.40. The highest BCUT2D eigenvalue weighted by Gasteiger charge is 2.11. The van der Waals surface area contributed by atoms with Gasteiger partial charge in [0.05, 0.1) is 6.54 Å². The van der Waals surface area contributed by atoms with E-state index in [1.54, 1.807) is 22.8 Å². The molecule has 1 amide bonds. The first-order chi connectivity index (χ1) is 9.20. The van der Waals surface area contributed by atoms with Crippen molar-refractivity contribution in [2.75, 3.05) is 13.6 Å². The summed E-state index contributed by atoms with van der Waals surface area (Å²) in [4.78, 5) is 13.9. The van der Waals surface area contributed by atoms with Crippen molar-refractivity contribution in [2.24, 2.45) is 5.73 Å². The number of nitrogens with zero attached hydrogens (tertiary/aromatic N) is 3. The Morgan fingerprint density at radius 3 is 2.60 bits per heavy atom. The summed E-state index contributed by atoms with van der Waals surface area (Å²) in [6.45, 7) is 1.80. The molecule has 0 saturated carbocycles. The Morgan fingerprint density at radius 1 is 1.35 bits per heavy atom. The number of amides is 1. The average Bonchev–Trinajstić information content (AvgIpc) is 2.97. The van der Waals surface area contributed by atoms with Gasteiger partial charge in [-0.25, -0.2) is 0 Å². The summed E-state index contributed by atoms with van der Waals surface area (Å²) in [7, 11) is 1.79. The predicted octanol–water partition coefficient (Wildman–Crippen LogP) is 1.54. The monoisotopic (exact) mass is 294 g/mol. The van der Waals surface area contributed by atoms with Crippen LogP contribution < -0.4 is 5.73 Å². The van der Waals surface area contributed by atoms with Crippen LogP contribution in [0, 0.1) is 0 Å². The smallest absolute Gasteiger partial charge is 0.253 e. The van der Waals surface area contributed by atoms with Crippen LogP contribution in [0.5, 0.6) is 0 Å². The molecule has 0 radical (unpaired) electrons. The molecule has 6 heteroatoms. The van der Waals surface area contributed by atoms with Crippen LogP contribution in [0.4, 0.5) is 0 Å². The van der Waals surface area contributed by atoms with Gasteiger partial charge < -0.3 is 10.6 Å². The van der Waals surface area contributed by atoms with E-state index >= 15 is 0 Å². The van der Waals surface area contributed by atoms with Crippen LogP contribution in [-0.2, 0) is 13.1 Å². The van der Waals surface area contributed by atoms with Crippen molar-refractivity contribution in [1.82, 2.24) is 14.7 Å². The van der Waals surface area contributed by atoms with Gasteiger partial charge in [0, 0.05) is 38.1 Å². The molecular formula is C14H19ClN4O. The third-order valence-electron chi connectivity index (χ3n) is 3.01. The topological polar surface area (TPSA) is 64.2 Å². The average molecular weight is 295 g/mol. The van der Waals surface area contributed by atoms with E-state index in [0.717, 1.165) is 5.56 Å². The fraction of sp³-hybridized carbons (Fsp3) is 0.286. The van der Waals surface area contributed by atoms with E-state index in [0.29, 0.717) is 25.2 Å². The van der Waals surface area contributed by atoms with E-state index in [9.17, 15) is 4.79 Å². The Bertz CT molecular complexity index is 525. The maximum absolute atomic E-state index is 12.2. The van der Waals surface area contributed by atoms with Gasteiger partial charge >= 0.3 is 0 Å². The molecule has 5 nitrogen and oxygen atoms in total. The van der Waals surface area contributed by atoms with E-state index in [1.807, 2.05) is 36.5 Å². The molecule has 2 rings (SSSR count). The van der Waals surface area contributed by atoms with Crippen LogP contribution in [0.25, 0.3) is 0 Å². The lowest BCUT2D eigenvalue weighted by Gasteiger charge is -2.17. The summed E-state index contributed by atoms with van der Waals surface area (Å²) in [6, 6.07) is 9.26. The lowest BCUT2D eigenvalue weighted by Crippen LogP contribution is -2.30. The molecule has 2 N–H and O–H groups in total. The van der Waals surface area contributed by atoms with Crippen LogP contribution in [0.15, 0.2) is 42.7 Å². The highest BCUT2D eigenvalue weighted by molar-refractivity contribution is 5.94. The number of aromatic nitrogens is 2. The van der Waals surface area contributed by atoms with E-state index in [2.05, 4.69) is 5.10 Å². The standard InChI is InChI=1S/C14H18N4O.ClH/c1-17(9-10-18-8-2-7-16-18)14(19)13-5-3-12(11-15)4-6-13;/h2-8H,9-11,15H2,1H3;1H. The van der Waals surface area contributed by atoms with Crippen molar-refractivity contribution in [3.8, 4) is 0 Å². The number of carbonyl (C=O) groups is 1. The van der Waals surface area contributed by atoms with Crippen molar-refractivity contribution in [3.63, 3.8) is 0 Å².